The Morgan fingerprint density at radius 2 is 1.84 bits per heavy atom. The molecule has 2 N–H and O–H groups in total. The van der Waals surface area contributed by atoms with Crippen LogP contribution in [0.15, 0.2) is 0 Å². The third-order valence-corrected chi connectivity index (χ3v) is 5.61. The second-order valence-corrected chi connectivity index (χ2v) is 7.57. The van der Waals surface area contributed by atoms with Gasteiger partial charge in [-0.05, 0) is 19.3 Å². The maximum Gasteiger partial charge on any atom is 0.232 e. The molecule has 140 valence electrons. The van der Waals surface area contributed by atoms with Crippen molar-refractivity contribution in [3.8, 4) is 0 Å². The number of nitrogens with one attached hydrogen (secondary N) is 2. The lowest BCUT2D eigenvalue weighted by Gasteiger charge is -2.15. The molecule has 0 radical (unpaired) electrons. The van der Waals surface area contributed by atoms with Crippen molar-refractivity contribution in [1.29, 1.82) is 0 Å². The maximum absolute atomic E-state index is 12.0. The van der Waals surface area contributed by atoms with Gasteiger partial charge in [0, 0.05) is 31.5 Å². The Bertz CT molecular complexity index is 520. The number of rotatable bonds is 9. The van der Waals surface area contributed by atoms with Gasteiger partial charge in [-0.3, -0.25) is 24.1 Å². The number of likely N-dealkylation sites (tertiary alicyclic amines) is 1. The summed E-state index contributed by atoms with van der Waals surface area (Å²) in [4.78, 5) is 48.5. The molecule has 1 aliphatic carbocycles. The van der Waals surface area contributed by atoms with E-state index in [1.807, 2.05) is 6.92 Å². The van der Waals surface area contributed by atoms with Gasteiger partial charge in [-0.2, -0.15) is 0 Å². The Morgan fingerprint density at radius 1 is 1.16 bits per heavy atom. The lowest BCUT2D eigenvalue weighted by molar-refractivity contribution is -0.139. The highest BCUT2D eigenvalue weighted by atomic mass is 32.2. The van der Waals surface area contributed by atoms with E-state index in [4.69, 9.17) is 0 Å². The lowest BCUT2D eigenvalue weighted by Crippen LogP contribution is -2.39. The number of amides is 4. The van der Waals surface area contributed by atoms with Crippen LogP contribution in [0, 0.1) is 5.92 Å². The van der Waals surface area contributed by atoms with Gasteiger partial charge in [0.15, 0.2) is 0 Å². The number of hydrogen-bond donors (Lipinski definition) is 2. The maximum atomic E-state index is 12.0. The van der Waals surface area contributed by atoms with Gasteiger partial charge >= 0.3 is 0 Å². The predicted octanol–water partition coefficient (Wildman–Crippen LogP) is 0.680. The van der Waals surface area contributed by atoms with Crippen molar-refractivity contribution >= 4 is 35.4 Å². The minimum absolute atomic E-state index is 0.0245. The molecule has 2 rings (SSSR count). The van der Waals surface area contributed by atoms with Crippen LogP contribution in [0.5, 0.6) is 0 Å². The van der Waals surface area contributed by atoms with Crippen LogP contribution in [0.4, 0.5) is 0 Å². The highest BCUT2D eigenvalue weighted by molar-refractivity contribution is 8.00. The number of hydrogen-bond acceptors (Lipinski definition) is 5. The van der Waals surface area contributed by atoms with Gasteiger partial charge in [0.2, 0.25) is 23.6 Å². The first-order valence-corrected chi connectivity index (χ1v) is 10.1. The molecule has 2 aliphatic rings. The molecule has 0 bridgehead atoms. The van der Waals surface area contributed by atoms with E-state index in [0.717, 1.165) is 12.8 Å². The second-order valence-electron chi connectivity index (χ2n) is 6.58. The fraction of sp³-hybridized carbons (Fsp3) is 0.765. The minimum Gasteiger partial charge on any atom is -0.354 e. The van der Waals surface area contributed by atoms with Crippen LogP contribution in [-0.4, -0.2) is 59.2 Å². The quantitative estimate of drug-likeness (QED) is 0.583. The third kappa shape index (κ3) is 6.02. The Hall–Kier alpha value is -1.57. The van der Waals surface area contributed by atoms with E-state index in [0.29, 0.717) is 12.5 Å². The average Bonchev–Trinajstić information content (AvgIpc) is 3.17. The van der Waals surface area contributed by atoms with E-state index in [-0.39, 0.29) is 60.6 Å². The molecule has 0 spiro atoms. The minimum atomic E-state index is -0.211. The average molecular weight is 369 g/mol. The van der Waals surface area contributed by atoms with Crippen LogP contribution < -0.4 is 10.6 Å². The van der Waals surface area contributed by atoms with Crippen LogP contribution in [0.25, 0.3) is 0 Å². The number of carbonyl (C=O) groups is 4. The monoisotopic (exact) mass is 369 g/mol. The SMILES string of the molecule is CC[C@@H]1CC(=O)N(CCNC(=O)CSCC(=O)NC2CCCC2)C1=O. The van der Waals surface area contributed by atoms with Gasteiger partial charge in [-0.15, -0.1) is 11.8 Å². The van der Waals surface area contributed by atoms with Crippen molar-refractivity contribution in [1.82, 2.24) is 15.5 Å². The Morgan fingerprint density at radius 3 is 2.48 bits per heavy atom. The van der Waals surface area contributed by atoms with Gasteiger partial charge < -0.3 is 10.6 Å². The van der Waals surface area contributed by atoms with Crippen LogP contribution in [0.3, 0.4) is 0 Å². The normalized spacial score (nSPS) is 21.0. The molecule has 4 amide bonds. The van der Waals surface area contributed by atoms with Crippen molar-refractivity contribution in [2.24, 2.45) is 5.92 Å². The molecule has 8 heteroatoms. The third-order valence-electron chi connectivity index (χ3n) is 4.67. The van der Waals surface area contributed by atoms with Gasteiger partial charge in [-0.1, -0.05) is 19.8 Å². The first kappa shape index (κ1) is 19.8. The highest BCUT2D eigenvalue weighted by Gasteiger charge is 2.36. The Labute approximate surface area is 152 Å². The highest BCUT2D eigenvalue weighted by Crippen LogP contribution is 2.21. The van der Waals surface area contributed by atoms with Crippen LogP contribution in [0.1, 0.15) is 45.4 Å². The largest absolute Gasteiger partial charge is 0.354 e. The number of imide groups is 1. The zero-order valence-electron chi connectivity index (χ0n) is 14.7. The van der Waals surface area contributed by atoms with Gasteiger partial charge in [0.1, 0.15) is 0 Å². The molecule has 1 saturated carbocycles. The van der Waals surface area contributed by atoms with E-state index < -0.39 is 0 Å². The fourth-order valence-electron chi connectivity index (χ4n) is 3.24. The van der Waals surface area contributed by atoms with Crippen molar-refractivity contribution in [2.75, 3.05) is 24.6 Å². The molecule has 2 fully saturated rings. The van der Waals surface area contributed by atoms with Crippen LogP contribution in [0.2, 0.25) is 0 Å². The Kier molecular flexibility index (Phi) is 7.74. The van der Waals surface area contributed by atoms with Crippen molar-refractivity contribution in [3.05, 3.63) is 0 Å². The number of thioether (sulfide) groups is 1. The lowest BCUT2D eigenvalue weighted by atomic mass is 10.1. The zero-order chi connectivity index (χ0) is 18.2. The molecule has 0 aromatic rings. The van der Waals surface area contributed by atoms with E-state index in [9.17, 15) is 19.2 Å². The Balaban J connectivity index is 1.55. The summed E-state index contributed by atoms with van der Waals surface area (Å²) in [6.45, 7) is 2.36. The van der Waals surface area contributed by atoms with Crippen molar-refractivity contribution < 1.29 is 19.2 Å². The summed E-state index contributed by atoms with van der Waals surface area (Å²) in [5.74, 6) is -0.266. The molecule has 1 aliphatic heterocycles. The molecular formula is C17H27N3O4S. The van der Waals surface area contributed by atoms with Gasteiger partial charge in [0.05, 0.1) is 11.5 Å². The molecule has 0 unspecified atom stereocenters. The number of carbonyl (C=O) groups excluding carboxylic acids is 4. The summed E-state index contributed by atoms with van der Waals surface area (Å²) in [5, 5.41) is 5.67. The van der Waals surface area contributed by atoms with E-state index in [1.165, 1.54) is 29.5 Å². The summed E-state index contributed by atoms with van der Waals surface area (Å²) in [7, 11) is 0. The summed E-state index contributed by atoms with van der Waals surface area (Å²) in [6.07, 6.45) is 5.36. The van der Waals surface area contributed by atoms with Crippen LogP contribution in [-0.2, 0) is 19.2 Å². The topological polar surface area (TPSA) is 95.6 Å². The first-order valence-electron chi connectivity index (χ1n) is 8.99. The summed E-state index contributed by atoms with van der Waals surface area (Å²) in [5.41, 5.74) is 0. The summed E-state index contributed by atoms with van der Waals surface area (Å²) in [6, 6.07) is 0.296. The summed E-state index contributed by atoms with van der Waals surface area (Å²) >= 11 is 1.27. The summed E-state index contributed by atoms with van der Waals surface area (Å²) < 4.78 is 0. The van der Waals surface area contributed by atoms with Crippen molar-refractivity contribution in [3.63, 3.8) is 0 Å². The molecule has 25 heavy (non-hydrogen) atoms. The molecule has 1 heterocycles. The van der Waals surface area contributed by atoms with Crippen molar-refractivity contribution in [2.45, 2.75) is 51.5 Å². The fourth-order valence-corrected chi connectivity index (χ4v) is 3.90. The molecule has 0 aromatic heterocycles. The van der Waals surface area contributed by atoms with Crippen LogP contribution >= 0.6 is 11.8 Å². The predicted molar refractivity (Wildman–Crippen MR) is 95.9 cm³/mol. The molecule has 1 saturated heterocycles. The van der Waals surface area contributed by atoms with E-state index in [2.05, 4.69) is 10.6 Å². The van der Waals surface area contributed by atoms with Gasteiger partial charge in [0.25, 0.3) is 0 Å². The smallest absolute Gasteiger partial charge is 0.232 e. The molecular weight excluding hydrogens is 342 g/mol. The second kappa shape index (κ2) is 9.79. The number of nitrogens with zero attached hydrogens (tertiary/aromatic N) is 1. The molecule has 1 atom stereocenters. The molecule has 7 nitrogen and oxygen atoms in total. The van der Waals surface area contributed by atoms with Gasteiger partial charge in [-0.25, -0.2) is 0 Å². The van der Waals surface area contributed by atoms with E-state index in [1.54, 1.807) is 0 Å². The molecule has 0 aromatic carbocycles. The zero-order valence-corrected chi connectivity index (χ0v) is 15.5. The standard InChI is InChI=1S/C17H27N3O4S/c1-2-12-9-16(23)20(17(12)24)8-7-18-14(21)10-25-11-15(22)19-13-5-3-4-6-13/h12-13H,2-11H2,1H3,(H,18,21)(H,19,22)/t12-/m1/s1. The first-order chi connectivity index (χ1) is 12.0. The van der Waals surface area contributed by atoms with E-state index >= 15 is 0 Å².